The number of phenols is 1. The number of nitrogens with zero attached hydrogens (tertiary/aromatic N) is 1. The van der Waals surface area contributed by atoms with Crippen LogP contribution < -0.4 is 91.4 Å². The van der Waals surface area contributed by atoms with Gasteiger partial charge in [-0.25, -0.2) is 4.79 Å². The molecule has 1 unspecified atom stereocenters. The number of aromatic nitrogens is 2. The molecule has 0 aliphatic carbocycles. The van der Waals surface area contributed by atoms with Crippen molar-refractivity contribution in [1.82, 2.24) is 78.7 Å². The normalized spacial score (nSPS) is 18.1. The molecular weight excluding hydrogens is 1740 g/mol. The van der Waals surface area contributed by atoms with Gasteiger partial charge < -0.3 is 115 Å². The Bertz CT molecular complexity index is 5370. The maximum atomic E-state index is 15.7. The van der Waals surface area contributed by atoms with Crippen molar-refractivity contribution >= 4 is 155 Å². The first kappa shape index (κ1) is 101. The van der Waals surface area contributed by atoms with Crippen LogP contribution in [0.25, 0.3) is 32.8 Å². The first-order valence-electron chi connectivity index (χ1n) is 43.2. The summed E-state index contributed by atoms with van der Waals surface area (Å²) in [6.45, 7) is 6.15. The molecule has 16 amide bonds. The number of carbonyl (C=O) groups excluding carboxylic acids is 16. The molecule has 7 aromatic rings. The molecule has 0 saturated carbocycles. The van der Waals surface area contributed by atoms with Gasteiger partial charge in [-0.3, -0.25) is 81.5 Å². The fourth-order valence-corrected chi connectivity index (χ4v) is 17.5. The average molecular weight is 1850 g/mol. The van der Waals surface area contributed by atoms with E-state index in [9.17, 15) is 72.5 Å². The van der Waals surface area contributed by atoms with Crippen LogP contribution in [-0.4, -0.2) is 230 Å². The summed E-state index contributed by atoms with van der Waals surface area (Å²) in [5, 5.41) is 54.2. The molecule has 22 N–H and O–H groups in total. The molecule has 4 aromatic carbocycles. The van der Waals surface area contributed by atoms with Crippen LogP contribution in [0.4, 0.5) is 0 Å². The Hall–Kier alpha value is -13.5. The third-order valence-corrected chi connectivity index (χ3v) is 24.9. The zero-order valence-corrected chi connectivity index (χ0v) is 74.8. The lowest BCUT2D eigenvalue weighted by molar-refractivity contribution is -0.142. The van der Waals surface area contributed by atoms with Crippen molar-refractivity contribution in [3.8, 4) is 11.5 Å². The number of amides is 16. The zero-order valence-electron chi connectivity index (χ0n) is 73.2. The van der Waals surface area contributed by atoms with Crippen LogP contribution in [-0.2, 0) is 107 Å². The van der Waals surface area contributed by atoms with Gasteiger partial charge in [0.05, 0.1) is 20.1 Å². The van der Waals surface area contributed by atoms with E-state index in [0.29, 0.717) is 68.0 Å². The van der Waals surface area contributed by atoms with Gasteiger partial charge >= 0.3 is 11.6 Å². The van der Waals surface area contributed by atoms with Crippen LogP contribution in [0.15, 0.2) is 119 Å². The molecule has 0 bridgehead atoms. The van der Waals surface area contributed by atoms with E-state index in [1.807, 2.05) is 0 Å². The number of ether oxygens (including phenoxy) is 1. The van der Waals surface area contributed by atoms with E-state index < -0.39 is 210 Å². The van der Waals surface area contributed by atoms with E-state index in [1.54, 1.807) is 101 Å². The number of aromatic hydroxyl groups is 1. The van der Waals surface area contributed by atoms with E-state index in [-0.39, 0.29) is 120 Å². The van der Waals surface area contributed by atoms with Crippen LogP contribution >= 0.6 is 21.6 Å². The number of phenolic OH excluding ortho intramolecular Hbond substituents is 1. The summed E-state index contributed by atoms with van der Waals surface area (Å²) in [5.74, 6) is -17.3. The van der Waals surface area contributed by atoms with Crippen molar-refractivity contribution in [2.45, 2.75) is 210 Å². The number of H-pyrrole nitrogens is 2. The Labute approximate surface area is 761 Å². The van der Waals surface area contributed by atoms with Gasteiger partial charge in [0.25, 0.3) is 0 Å². The smallest absolute Gasteiger partial charge is 0.336 e. The monoisotopic (exact) mass is 1850 g/mol. The molecule has 42 heteroatoms. The number of hydrogen-bond donors (Lipinski definition) is 19. The minimum Gasteiger partial charge on any atom is -0.508 e. The Kier molecular flexibility index (Phi) is 38.1. The molecule has 12 atom stereocenters. The number of nitrogens with one attached hydrogen (secondary N) is 14. The van der Waals surface area contributed by atoms with Crippen LogP contribution in [0, 0.1) is 11.8 Å². The Morgan fingerprint density at radius 2 is 1.20 bits per heavy atom. The topological polar surface area (TPSA) is 627 Å². The SMILES string of the molecule is CCC(C)[C@H](NC(=O)[C@H](Cc1c[nH]c2ccccc12)NC(=O)[C@@H]1CSSC[C@H](NC(=O)[C@H](CCC(=O)O)NC(=O)[C@H](Cc2c[nH]c3ccccc23)NC(=O)[C@@H](CCC(N)=O)NC(=O)CCCCCNC(=O)Cc2cc(=O)oc3cc(OC)ccc23)C(=O)N2CCC[C@H]2C(=O)N[C@@H](Cc2ccc(O)cc2)C(=O)NCC(=O)N[C@@H](CC(C)C)C(=O)N1)C(=O)N[C@@H](CCC(N)=O)C(N)=O. The zero-order chi connectivity index (χ0) is 95.1. The molecule has 0 spiro atoms. The van der Waals surface area contributed by atoms with Crippen molar-refractivity contribution in [1.29, 1.82) is 0 Å². The number of methoxy groups -OCH3 is 1. The lowest BCUT2D eigenvalue weighted by atomic mass is 9.96. The van der Waals surface area contributed by atoms with Crippen molar-refractivity contribution < 1.29 is 101 Å². The summed E-state index contributed by atoms with van der Waals surface area (Å²) in [5.41, 5.74) is 19.2. The summed E-state index contributed by atoms with van der Waals surface area (Å²) >= 11 is 0. The quantitative estimate of drug-likeness (QED) is 0.0143. The van der Waals surface area contributed by atoms with Gasteiger partial charge in [-0.1, -0.05) is 111 Å². The van der Waals surface area contributed by atoms with Gasteiger partial charge in [-0.15, -0.1) is 0 Å². The molecule has 9 rings (SSSR count). The average Bonchev–Trinajstić information content (AvgIpc) is 1.17. The van der Waals surface area contributed by atoms with Gasteiger partial charge in [-0.05, 0) is 122 Å². The highest BCUT2D eigenvalue weighted by molar-refractivity contribution is 8.76. The highest BCUT2D eigenvalue weighted by Crippen LogP contribution is 2.29. The first-order valence-corrected chi connectivity index (χ1v) is 45.7. The summed E-state index contributed by atoms with van der Waals surface area (Å²) in [4.78, 5) is 260. The maximum absolute atomic E-state index is 15.7. The van der Waals surface area contributed by atoms with E-state index in [0.717, 1.165) is 26.5 Å². The third-order valence-electron chi connectivity index (χ3n) is 22.4. The maximum Gasteiger partial charge on any atom is 0.336 e. The number of para-hydroxylation sites is 2. The van der Waals surface area contributed by atoms with Crippen LogP contribution in [0.2, 0.25) is 0 Å². The first-order chi connectivity index (χ1) is 62.5. The molecule has 5 heterocycles. The van der Waals surface area contributed by atoms with E-state index >= 15 is 24.0 Å². The van der Waals surface area contributed by atoms with E-state index in [2.05, 4.69) is 73.8 Å². The van der Waals surface area contributed by atoms with Gasteiger partial charge in [0.15, 0.2) is 0 Å². The van der Waals surface area contributed by atoms with Gasteiger partial charge in [-0.2, -0.15) is 0 Å². The summed E-state index contributed by atoms with van der Waals surface area (Å²) in [6, 6.07) is 8.53. The van der Waals surface area contributed by atoms with E-state index in [4.69, 9.17) is 26.4 Å². The van der Waals surface area contributed by atoms with Gasteiger partial charge in [0.1, 0.15) is 83.5 Å². The number of primary amides is 3. The molecule has 3 aromatic heterocycles. The second-order valence-corrected chi connectivity index (χ2v) is 35.3. The molecular formula is C89H114N18O22S2. The van der Waals surface area contributed by atoms with Crippen molar-refractivity contribution in [2.24, 2.45) is 29.0 Å². The number of carbonyl (C=O) groups is 17. The number of benzene rings is 4. The molecule has 40 nitrogen and oxygen atoms in total. The van der Waals surface area contributed by atoms with Gasteiger partial charge in [0.2, 0.25) is 94.5 Å². The third kappa shape index (κ3) is 30.6. The lowest BCUT2D eigenvalue weighted by Crippen LogP contribution is -2.61. The number of carboxylic acids is 1. The Morgan fingerprint density at radius 1 is 0.595 bits per heavy atom. The highest BCUT2D eigenvalue weighted by Gasteiger charge is 2.42. The predicted octanol–water partition coefficient (Wildman–Crippen LogP) is 0.740. The molecule has 704 valence electrons. The van der Waals surface area contributed by atoms with Crippen LogP contribution in [0.1, 0.15) is 140 Å². The minimum absolute atomic E-state index is 0.00361. The Morgan fingerprint density at radius 3 is 1.83 bits per heavy atom. The molecule has 131 heavy (non-hydrogen) atoms. The standard InChI is InChI=1S/C89H114N18O22S2/c1-6-48(4)78(88(126)99-60(79(92)117)27-30-71(90)109)106-85(123)66(38-52-43-95-59-18-12-10-16-56(52)59)102-86(124)67-45-130-131-46-68(89(127)107-34-14-19-69(107)87(125)103-64(36-49-21-23-53(108)24-22-49)80(118)96-44-75(113)98-63(35-47(2)3)83(121)104-67)105-82(120)62(29-32-76(114)115)100-84(122)65(37-51-42-94-58-17-11-9-15-55(51)58)101-81(119)61(28-31-72(91)110)97-73(111)20-8-7-13-33-93-74(112)39-50-40-77(116)129-70-41-54(128-5)25-26-57(50)70/h9-12,15-18,21-26,40-43,47-48,60-69,78,94-95,108H,6-8,13-14,19-20,27-39,44-46H2,1-5H3,(H2,90,109)(H2,91,110)(H2,92,117)(H,93,112)(H,96,118)(H,97,111)(H,98,113)(H,99,126)(H,100,122)(H,101,119)(H,102,124)(H,103,125)(H,104,121)(H,105,120)(H,106,123)(H,114,115)/t48?,60-,61+,62-,63-,64-,65-,66-,67-,68-,69-,78-/m0/s1. The number of carboxylic acid groups (broad SMARTS) is 1. The van der Waals surface area contributed by atoms with Crippen molar-refractivity contribution in [3.63, 3.8) is 0 Å². The highest BCUT2D eigenvalue weighted by atomic mass is 33.1. The molecule has 2 aliphatic rings. The summed E-state index contributed by atoms with van der Waals surface area (Å²) in [7, 11) is 3.16. The number of hydrogen-bond acceptors (Lipinski definition) is 23. The Balaban J connectivity index is 1.00. The summed E-state index contributed by atoms with van der Waals surface area (Å²) in [6.07, 6.45) is 0.649. The molecule has 2 fully saturated rings. The van der Waals surface area contributed by atoms with Gasteiger partial charge in [0, 0.05) is 121 Å². The largest absolute Gasteiger partial charge is 0.508 e. The fraction of sp³-hybridized carbons (Fsp3) is 0.461. The number of aliphatic carboxylic acids is 1. The number of fused-ring (bicyclic) bond motifs is 4. The summed E-state index contributed by atoms with van der Waals surface area (Å²) < 4.78 is 10.5. The van der Waals surface area contributed by atoms with Crippen LogP contribution in [0.5, 0.6) is 11.5 Å². The number of rotatable bonds is 42. The van der Waals surface area contributed by atoms with Crippen molar-refractivity contribution in [3.05, 3.63) is 142 Å². The fourth-order valence-electron chi connectivity index (χ4n) is 15.2. The van der Waals surface area contributed by atoms with Crippen molar-refractivity contribution in [2.75, 3.05) is 38.2 Å². The van der Waals surface area contributed by atoms with E-state index in [1.165, 1.54) is 43.5 Å². The lowest BCUT2D eigenvalue weighted by Gasteiger charge is -2.31. The molecule has 2 aliphatic heterocycles. The molecule has 0 radical (unpaired) electrons. The number of unbranched alkanes of at least 4 members (excludes halogenated alkanes) is 2. The second-order valence-electron chi connectivity index (χ2n) is 32.8. The number of aromatic amines is 2. The van der Waals surface area contributed by atoms with Crippen LogP contribution in [0.3, 0.4) is 0 Å². The number of nitrogens with two attached hydrogens (primary N) is 3. The molecule has 2 saturated heterocycles. The predicted molar refractivity (Wildman–Crippen MR) is 484 cm³/mol. The second kappa shape index (κ2) is 49.3. The minimum atomic E-state index is -1.87.